The molecule has 0 radical (unpaired) electrons. The van der Waals surface area contributed by atoms with Gasteiger partial charge in [0.05, 0.1) is 18.8 Å². The van der Waals surface area contributed by atoms with Crippen molar-refractivity contribution >= 4 is 0 Å². The predicted octanol–water partition coefficient (Wildman–Crippen LogP) is 3.63. The normalized spacial score (nSPS) is 15.1. The van der Waals surface area contributed by atoms with Gasteiger partial charge >= 0.3 is 0 Å². The quantitative estimate of drug-likeness (QED) is 0.800. The van der Waals surface area contributed by atoms with E-state index in [0.717, 1.165) is 0 Å². The van der Waals surface area contributed by atoms with Gasteiger partial charge in [-0.15, -0.1) is 0 Å². The minimum absolute atomic E-state index is 0.114. The van der Waals surface area contributed by atoms with Crippen molar-refractivity contribution in [2.45, 2.75) is 52.9 Å². The summed E-state index contributed by atoms with van der Waals surface area (Å²) in [7, 11) is 0. The molecule has 0 heterocycles. The fraction of sp³-hybridized carbons (Fsp3) is 0.625. The second kappa shape index (κ2) is 7.55. The highest BCUT2D eigenvalue weighted by Gasteiger charge is 2.20. The van der Waals surface area contributed by atoms with Crippen molar-refractivity contribution in [3.63, 3.8) is 0 Å². The van der Waals surface area contributed by atoms with E-state index in [9.17, 15) is 5.11 Å². The molecular formula is C16H26O2. The van der Waals surface area contributed by atoms with Crippen LogP contribution in [0, 0.1) is 11.8 Å². The number of rotatable bonds is 7. The minimum atomic E-state index is -0.284. The maximum absolute atomic E-state index is 9.96. The van der Waals surface area contributed by atoms with Gasteiger partial charge in [-0.2, -0.15) is 0 Å². The summed E-state index contributed by atoms with van der Waals surface area (Å²) in [4.78, 5) is 0. The van der Waals surface area contributed by atoms with Crippen molar-refractivity contribution in [3.8, 4) is 0 Å². The Morgan fingerprint density at radius 1 is 1.00 bits per heavy atom. The van der Waals surface area contributed by atoms with Gasteiger partial charge in [-0.05, 0) is 17.4 Å². The van der Waals surface area contributed by atoms with E-state index in [4.69, 9.17) is 4.74 Å². The van der Waals surface area contributed by atoms with Gasteiger partial charge in [0.2, 0.25) is 0 Å². The molecule has 0 aliphatic rings. The van der Waals surface area contributed by atoms with E-state index >= 15 is 0 Å². The molecular weight excluding hydrogens is 224 g/mol. The molecule has 0 saturated carbocycles. The van der Waals surface area contributed by atoms with Crippen LogP contribution in [0.5, 0.6) is 0 Å². The van der Waals surface area contributed by atoms with Crippen LogP contribution in [0.2, 0.25) is 0 Å². The maximum atomic E-state index is 9.96. The van der Waals surface area contributed by atoms with Crippen molar-refractivity contribution in [2.24, 2.45) is 11.8 Å². The molecule has 2 heteroatoms. The Bertz CT molecular complexity index is 319. The average Bonchev–Trinajstić information content (AvgIpc) is 2.34. The molecule has 0 spiro atoms. The fourth-order valence-corrected chi connectivity index (χ4v) is 1.82. The Morgan fingerprint density at radius 3 is 2.11 bits per heavy atom. The average molecular weight is 250 g/mol. The number of ether oxygens (including phenoxy) is 1. The predicted molar refractivity (Wildman–Crippen MR) is 75.3 cm³/mol. The third-order valence-electron chi connectivity index (χ3n) is 3.29. The molecule has 1 aromatic rings. The summed E-state index contributed by atoms with van der Waals surface area (Å²) in [6, 6.07) is 10.2. The molecule has 1 aromatic carbocycles. The lowest BCUT2D eigenvalue weighted by Crippen LogP contribution is -2.28. The second-order valence-electron chi connectivity index (χ2n) is 5.63. The van der Waals surface area contributed by atoms with Gasteiger partial charge in [-0.3, -0.25) is 0 Å². The van der Waals surface area contributed by atoms with E-state index in [0.29, 0.717) is 18.9 Å². The van der Waals surface area contributed by atoms with E-state index in [1.165, 1.54) is 5.56 Å². The smallest absolute Gasteiger partial charge is 0.0720 e. The lowest BCUT2D eigenvalue weighted by atomic mass is 9.95. The highest BCUT2D eigenvalue weighted by molar-refractivity contribution is 5.13. The topological polar surface area (TPSA) is 29.5 Å². The summed E-state index contributed by atoms with van der Waals surface area (Å²) in [5.41, 5.74) is 1.18. The van der Waals surface area contributed by atoms with E-state index in [1.807, 2.05) is 32.0 Å². The molecule has 1 rings (SSSR count). The molecule has 0 amide bonds. The number of aliphatic hydroxyl groups is 1. The van der Waals surface area contributed by atoms with E-state index < -0.39 is 0 Å². The van der Waals surface area contributed by atoms with Crippen LogP contribution < -0.4 is 0 Å². The number of hydrogen-bond acceptors (Lipinski definition) is 2. The summed E-state index contributed by atoms with van der Waals surface area (Å²) in [6.45, 7) is 8.98. The van der Waals surface area contributed by atoms with Gasteiger partial charge in [0.1, 0.15) is 0 Å². The van der Waals surface area contributed by atoms with Crippen LogP contribution in [0.4, 0.5) is 0 Å². The first-order valence-electron chi connectivity index (χ1n) is 6.84. The van der Waals surface area contributed by atoms with Crippen LogP contribution in [0.1, 0.15) is 39.7 Å². The Labute approximate surface area is 111 Å². The molecule has 2 atom stereocenters. The van der Waals surface area contributed by atoms with Crippen LogP contribution >= 0.6 is 0 Å². The van der Waals surface area contributed by atoms with Gasteiger partial charge in [0.15, 0.2) is 0 Å². The first-order valence-corrected chi connectivity index (χ1v) is 6.84. The van der Waals surface area contributed by atoms with Crippen LogP contribution in [0.15, 0.2) is 30.3 Å². The van der Waals surface area contributed by atoms with Crippen molar-refractivity contribution in [1.82, 2.24) is 0 Å². The molecule has 18 heavy (non-hydrogen) atoms. The zero-order valence-electron chi connectivity index (χ0n) is 12.0. The molecule has 0 saturated heterocycles. The Kier molecular flexibility index (Phi) is 6.37. The summed E-state index contributed by atoms with van der Waals surface area (Å²) in [6.07, 6.45) is 0.540. The number of hydrogen-bond donors (Lipinski definition) is 1. The van der Waals surface area contributed by atoms with Crippen molar-refractivity contribution in [1.29, 1.82) is 0 Å². The van der Waals surface area contributed by atoms with Gasteiger partial charge in [-0.1, -0.05) is 58.0 Å². The van der Waals surface area contributed by atoms with Crippen LogP contribution in [0.3, 0.4) is 0 Å². The maximum Gasteiger partial charge on any atom is 0.0720 e. The first-order chi connectivity index (χ1) is 8.50. The first kappa shape index (κ1) is 15.2. The molecule has 0 bridgehead atoms. The zero-order chi connectivity index (χ0) is 13.5. The van der Waals surface area contributed by atoms with Crippen molar-refractivity contribution in [3.05, 3.63) is 35.9 Å². The standard InChI is InChI=1S/C16H26O2/c1-12(2)15(17)10-16(13(3)4)18-11-14-8-6-5-7-9-14/h5-9,12-13,15-17H,10-11H2,1-4H3/t15-,16+/m0/s1. The van der Waals surface area contributed by atoms with Crippen LogP contribution in [-0.4, -0.2) is 17.3 Å². The number of benzene rings is 1. The monoisotopic (exact) mass is 250 g/mol. The Morgan fingerprint density at radius 2 is 1.61 bits per heavy atom. The van der Waals surface area contributed by atoms with Crippen LogP contribution in [0.25, 0.3) is 0 Å². The minimum Gasteiger partial charge on any atom is -0.393 e. The zero-order valence-corrected chi connectivity index (χ0v) is 12.0. The highest BCUT2D eigenvalue weighted by atomic mass is 16.5. The van der Waals surface area contributed by atoms with Gasteiger partial charge in [0.25, 0.3) is 0 Å². The molecule has 0 unspecified atom stereocenters. The Hall–Kier alpha value is -0.860. The van der Waals surface area contributed by atoms with Gasteiger partial charge in [-0.25, -0.2) is 0 Å². The van der Waals surface area contributed by atoms with Crippen LogP contribution in [-0.2, 0) is 11.3 Å². The molecule has 1 N–H and O–H groups in total. The molecule has 0 aliphatic carbocycles. The highest BCUT2D eigenvalue weighted by Crippen LogP contribution is 2.18. The molecule has 2 nitrogen and oxygen atoms in total. The van der Waals surface area contributed by atoms with E-state index in [2.05, 4.69) is 26.0 Å². The molecule has 0 aromatic heterocycles. The SMILES string of the molecule is CC(C)[C@@H](O)C[C@@H](OCc1ccccc1)C(C)C. The fourth-order valence-electron chi connectivity index (χ4n) is 1.82. The van der Waals surface area contributed by atoms with E-state index in [1.54, 1.807) is 0 Å². The summed E-state index contributed by atoms with van der Waals surface area (Å²) in [5, 5.41) is 9.96. The van der Waals surface area contributed by atoms with Crippen molar-refractivity contribution < 1.29 is 9.84 Å². The largest absolute Gasteiger partial charge is 0.393 e. The summed E-state index contributed by atoms with van der Waals surface area (Å²) < 4.78 is 5.95. The summed E-state index contributed by atoms with van der Waals surface area (Å²) in [5.74, 6) is 0.702. The Balaban J connectivity index is 2.48. The summed E-state index contributed by atoms with van der Waals surface area (Å²) >= 11 is 0. The van der Waals surface area contributed by atoms with Gasteiger partial charge in [0, 0.05) is 6.42 Å². The van der Waals surface area contributed by atoms with Gasteiger partial charge < -0.3 is 9.84 Å². The second-order valence-corrected chi connectivity index (χ2v) is 5.63. The molecule has 102 valence electrons. The third kappa shape index (κ3) is 5.19. The van der Waals surface area contributed by atoms with Crippen molar-refractivity contribution in [2.75, 3.05) is 0 Å². The lowest BCUT2D eigenvalue weighted by molar-refractivity contribution is -0.0303. The third-order valence-corrected chi connectivity index (χ3v) is 3.29. The molecule has 0 fully saturated rings. The number of aliphatic hydroxyl groups excluding tert-OH is 1. The molecule has 0 aliphatic heterocycles. The van der Waals surface area contributed by atoms with E-state index in [-0.39, 0.29) is 18.1 Å². The lowest BCUT2D eigenvalue weighted by Gasteiger charge is -2.25.